The van der Waals surface area contributed by atoms with E-state index in [2.05, 4.69) is 15.8 Å². The van der Waals surface area contributed by atoms with Crippen molar-refractivity contribution in [2.75, 3.05) is 37.4 Å². The van der Waals surface area contributed by atoms with Crippen LogP contribution < -0.4 is 15.4 Å². The van der Waals surface area contributed by atoms with Crippen LogP contribution in [-0.4, -0.2) is 78.7 Å². The lowest BCUT2D eigenvalue weighted by atomic mass is 10.0. The van der Waals surface area contributed by atoms with E-state index < -0.39 is 28.2 Å². The number of nitrogens with zero attached hydrogens (tertiary/aromatic N) is 3. The summed E-state index contributed by atoms with van der Waals surface area (Å²) in [7, 11) is -2.23. The van der Waals surface area contributed by atoms with Gasteiger partial charge in [-0.15, -0.1) is 11.3 Å². The quantitative estimate of drug-likeness (QED) is 0.353. The van der Waals surface area contributed by atoms with Gasteiger partial charge in [-0.05, 0) is 50.4 Å². The first kappa shape index (κ1) is 30.5. The van der Waals surface area contributed by atoms with Gasteiger partial charge in [0.25, 0.3) is 10.0 Å². The molecule has 1 aliphatic heterocycles. The molecule has 0 saturated heterocycles. The second-order valence-electron chi connectivity index (χ2n) is 10.2. The standard InChI is InChI=1S/C27H35N5O7S2/c1-16-13-32(17(2)15-33)24(34)12-20-11-21(28-27(35)29-26-18(3)30-39-19(26)4)8-9-22(20)38-23(16)14-31(5)41(36,37)25-7-6-10-40-25/h6-11,16-17,23,33H,12-15H2,1-5H3,(H2,28,29,35)/t16-,17+,23+/m1/s1. The number of sulfonamides is 1. The maximum atomic E-state index is 13.4. The number of aryl methyl sites for hydroxylation is 2. The minimum atomic E-state index is -3.73. The predicted octanol–water partition coefficient (Wildman–Crippen LogP) is 3.47. The smallest absolute Gasteiger partial charge is 0.323 e. The fourth-order valence-corrected chi connectivity index (χ4v) is 6.96. The van der Waals surface area contributed by atoms with Crippen LogP contribution in [0.2, 0.25) is 0 Å². The summed E-state index contributed by atoms with van der Waals surface area (Å²) >= 11 is 1.14. The number of nitrogens with one attached hydrogen (secondary N) is 2. The van der Waals surface area contributed by atoms with E-state index >= 15 is 0 Å². The normalized spacial score (nSPS) is 18.6. The van der Waals surface area contributed by atoms with Crippen LogP contribution in [0.4, 0.5) is 16.2 Å². The maximum absolute atomic E-state index is 13.4. The largest absolute Gasteiger partial charge is 0.488 e. The number of anilines is 2. The first-order valence-electron chi connectivity index (χ1n) is 13.1. The van der Waals surface area contributed by atoms with E-state index in [1.165, 1.54) is 11.4 Å². The van der Waals surface area contributed by atoms with Gasteiger partial charge >= 0.3 is 6.03 Å². The molecular formula is C27H35N5O7S2. The number of thiophene rings is 1. The van der Waals surface area contributed by atoms with E-state index in [9.17, 15) is 23.1 Å². The Bertz CT molecular complexity index is 1470. The molecule has 3 heterocycles. The summed E-state index contributed by atoms with van der Waals surface area (Å²) in [5.74, 6) is 0.377. The fourth-order valence-electron chi connectivity index (χ4n) is 4.58. The zero-order chi connectivity index (χ0) is 29.9. The highest BCUT2D eigenvalue weighted by molar-refractivity contribution is 7.91. The van der Waals surface area contributed by atoms with Crippen LogP contribution >= 0.6 is 11.3 Å². The Balaban J connectivity index is 1.62. The Labute approximate surface area is 243 Å². The van der Waals surface area contributed by atoms with Crippen molar-refractivity contribution in [2.24, 2.45) is 5.92 Å². The van der Waals surface area contributed by atoms with E-state index in [1.807, 2.05) is 6.92 Å². The Hall–Kier alpha value is -3.46. The molecule has 1 aromatic carbocycles. The molecule has 222 valence electrons. The number of amides is 3. The molecule has 3 aromatic rings. The molecule has 3 amide bonds. The van der Waals surface area contributed by atoms with E-state index in [4.69, 9.17) is 9.26 Å². The monoisotopic (exact) mass is 605 g/mol. The molecule has 14 heteroatoms. The number of carbonyl (C=O) groups excluding carboxylic acids is 2. The Kier molecular flexibility index (Phi) is 9.37. The van der Waals surface area contributed by atoms with Gasteiger partial charge in [0, 0.05) is 30.8 Å². The third-order valence-corrected chi connectivity index (χ3v) is 10.2. The van der Waals surface area contributed by atoms with Gasteiger partial charge in [-0.2, -0.15) is 4.31 Å². The first-order valence-corrected chi connectivity index (χ1v) is 15.4. The van der Waals surface area contributed by atoms with Crippen LogP contribution in [0.25, 0.3) is 0 Å². The van der Waals surface area contributed by atoms with Gasteiger partial charge in [0.2, 0.25) is 5.91 Å². The number of fused-ring (bicyclic) bond motifs is 1. The summed E-state index contributed by atoms with van der Waals surface area (Å²) in [4.78, 5) is 27.7. The highest BCUT2D eigenvalue weighted by Crippen LogP contribution is 2.30. The van der Waals surface area contributed by atoms with Crippen molar-refractivity contribution in [1.29, 1.82) is 0 Å². The average Bonchev–Trinajstić information content (AvgIpc) is 3.59. The van der Waals surface area contributed by atoms with Gasteiger partial charge in [0.05, 0.1) is 25.6 Å². The average molecular weight is 606 g/mol. The van der Waals surface area contributed by atoms with Gasteiger partial charge in [-0.1, -0.05) is 18.1 Å². The molecule has 3 atom stereocenters. The number of hydrogen-bond donors (Lipinski definition) is 3. The Morgan fingerprint density at radius 2 is 2.05 bits per heavy atom. The lowest BCUT2D eigenvalue weighted by Crippen LogP contribution is -2.48. The van der Waals surface area contributed by atoms with Crippen molar-refractivity contribution in [1.82, 2.24) is 14.4 Å². The molecule has 41 heavy (non-hydrogen) atoms. The molecule has 0 unspecified atom stereocenters. The van der Waals surface area contributed by atoms with Crippen LogP contribution in [0.5, 0.6) is 5.75 Å². The van der Waals surface area contributed by atoms with E-state index in [0.717, 1.165) is 11.3 Å². The molecule has 4 rings (SSSR count). The SMILES string of the molecule is Cc1noc(C)c1NC(=O)Nc1ccc2c(c1)CC(=O)N([C@@H](C)CO)C[C@@H](C)[C@H](CN(C)S(=O)(=O)c1cccs1)O2. The number of benzene rings is 1. The zero-order valence-corrected chi connectivity index (χ0v) is 25.2. The number of ether oxygens (including phenoxy) is 1. The zero-order valence-electron chi connectivity index (χ0n) is 23.6. The lowest BCUT2D eigenvalue weighted by molar-refractivity contribution is -0.134. The lowest BCUT2D eigenvalue weighted by Gasteiger charge is -2.33. The van der Waals surface area contributed by atoms with Gasteiger partial charge in [-0.3, -0.25) is 4.79 Å². The van der Waals surface area contributed by atoms with E-state index in [0.29, 0.717) is 34.1 Å². The summed E-state index contributed by atoms with van der Waals surface area (Å²) in [5.41, 5.74) is 1.95. The third kappa shape index (κ3) is 6.89. The molecule has 0 saturated carbocycles. The van der Waals surface area contributed by atoms with Crippen molar-refractivity contribution < 1.29 is 32.4 Å². The van der Waals surface area contributed by atoms with Gasteiger partial charge in [0.15, 0.2) is 5.76 Å². The highest BCUT2D eigenvalue weighted by Gasteiger charge is 2.33. The minimum Gasteiger partial charge on any atom is -0.488 e. The number of carbonyl (C=O) groups is 2. The molecule has 0 aliphatic carbocycles. The minimum absolute atomic E-state index is 0.0379. The summed E-state index contributed by atoms with van der Waals surface area (Å²) in [6, 6.07) is 7.22. The third-order valence-electron chi connectivity index (χ3n) is 7.04. The van der Waals surface area contributed by atoms with Gasteiger partial charge in [-0.25, -0.2) is 13.2 Å². The highest BCUT2D eigenvalue weighted by atomic mass is 32.2. The molecule has 2 aromatic heterocycles. The van der Waals surface area contributed by atoms with Gasteiger partial charge in [0.1, 0.15) is 27.4 Å². The number of aliphatic hydroxyl groups excluding tert-OH is 1. The molecule has 12 nitrogen and oxygen atoms in total. The van der Waals surface area contributed by atoms with Crippen LogP contribution in [0.1, 0.15) is 30.9 Å². The summed E-state index contributed by atoms with van der Waals surface area (Å²) in [6.45, 7) is 7.11. The van der Waals surface area contributed by atoms with Crippen molar-refractivity contribution in [2.45, 2.75) is 50.5 Å². The van der Waals surface area contributed by atoms with Crippen molar-refractivity contribution in [3.8, 4) is 5.75 Å². The molecule has 3 N–H and O–H groups in total. The number of likely N-dealkylation sites (N-methyl/N-ethyl adjacent to an activating group) is 1. The van der Waals surface area contributed by atoms with Crippen LogP contribution in [0.15, 0.2) is 44.4 Å². The van der Waals surface area contributed by atoms with Crippen molar-refractivity contribution >= 4 is 44.7 Å². The molecule has 0 radical (unpaired) electrons. The maximum Gasteiger partial charge on any atom is 0.323 e. The number of aromatic nitrogens is 1. The number of aliphatic hydroxyl groups is 1. The molecule has 0 spiro atoms. The predicted molar refractivity (Wildman–Crippen MR) is 155 cm³/mol. The van der Waals surface area contributed by atoms with Crippen molar-refractivity contribution in [3.63, 3.8) is 0 Å². The second-order valence-corrected chi connectivity index (χ2v) is 13.4. The van der Waals surface area contributed by atoms with E-state index in [1.54, 1.807) is 61.4 Å². The summed E-state index contributed by atoms with van der Waals surface area (Å²) in [6.07, 6.45) is -0.655. The Morgan fingerprint density at radius 3 is 2.68 bits per heavy atom. The van der Waals surface area contributed by atoms with Gasteiger partial charge < -0.3 is 29.9 Å². The van der Waals surface area contributed by atoms with Crippen molar-refractivity contribution in [3.05, 3.63) is 52.7 Å². The molecule has 1 aliphatic rings. The summed E-state index contributed by atoms with van der Waals surface area (Å²) in [5, 5.41) is 20.9. The Morgan fingerprint density at radius 1 is 1.29 bits per heavy atom. The second kappa shape index (κ2) is 12.6. The summed E-state index contributed by atoms with van der Waals surface area (Å²) < 4.78 is 39.3. The molecular weight excluding hydrogens is 570 g/mol. The number of urea groups is 1. The van der Waals surface area contributed by atoms with E-state index in [-0.39, 0.29) is 42.2 Å². The topological polar surface area (TPSA) is 154 Å². The number of hydrogen-bond acceptors (Lipinski definition) is 9. The van der Waals surface area contributed by atoms with Crippen LogP contribution in [0.3, 0.4) is 0 Å². The molecule has 0 bridgehead atoms. The molecule has 0 fully saturated rings. The fraction of sp³-hybridized carbons (Fsp3) is 0.444. The van der Waals surface area contributed by atoms with Crippen LogP contribution in [-0.2, 0) is 21.2 Å². The first-order chi connectivity index (χ1) is 19.4. The van der Waals surface area contributed by atoms with Crippen LogP contribution in [0, 0.1) is 19.8 Å². The number of rotatable bonds is 8.